The van der Waals surface area contributed by atoms with Gasteiger partial charge in [-0.2, -0.15) is 0 Å². The number of hydrogen-bond acceptors (Lipinski definition) is 4. The summed E-state index contributed by atoms with van der Waals surface area (Å²) < 4.78 is 27.2. The first kappa shape index (κ1) is 13.7. The van der Waals surface area contributed by atoms with E-state index in [2.05, 4.69) is 0 Å². The van der Waals surface area contributed by atoms with Crippen molar-refractivity contribution in [1.29, 1.82) is 5.41 Å². The van der Waals surface area contributed by atoms with Crippen molar-refractivity contribution in [3.8, 4) is 0 Å². The molecule has 0 radical (unpaired) electrons. The van der Waals surface area contributed by atoms with Gasteiger partial charge in [-0.25, -0.2) is 8.42 Å². The first-order chi connectivity index (χ1) is 6.05. The second-order valence-corrected chi connectivity index (χ2v) is 5.53. The molecule has 0 aromatic rings. The van der Waals surface area contributed by atoms with Crippen molar-refractivity contribution in [2.75, 3.05) is 18.1 Å². The van der Waals surface area contributed by atoms with Crippen molar-refractivity contribution in [1.82, 2.24) is 0 Å². The highest BCUT2D eigenvalue weighted by Crippen LogP contribution is 2.20. The zero-order valence-corrected chi connectivity index (χ0v) is 9.79. The normalized spacial score (nSPS) is 20.9. The minimum absolute atomic E-state index is 0. The fourth-order valence-electron chi connectivity index (χ4n) is 1.43. The van der Waals surface area contributed by atoms with E-state index in [0.717, 1.165) is 0 Å². The maximum Gasteiger partial charge on any atom is 0.183 e. The highest BCUT2D eigenvalue weighted by atomic mass is 35.5. The van der Waals surface area contributed by atoms with E-state index in [-0.39, 0.29) is 35.7 Å². The van der Waals surface area contributed by atoms with Gasteiger partial charge < -0.3 is 4.74 Å². The number of hydrogen-bond donors (Lipinski definition) is 1. The average Bonchev–Trinajstić information content (AvgIpc) is 2.04. The quantitative estimate of drug-likeness (QED) is 0.584. The Morgan fingerprint density at radius 2 is 1.93 bits per heavy atom. The monoisotopic (exact) mass is 241 g/mol. The first-order valence-corrected chi connectivity index (χ1v) is 6.29. The van der Waals surface area contributed by atoms with Crippen LogP contribution < -0.4 is 0 Å². The Labute approximate surface area is 90.9 Å². The molecule has 84 valence electrons. The molecule has 4 nitrogen and oxygen atoms in total. The van der Waals surface area contributed by atoms with Gasteiger partial charge in [0.15, 0.2) is 5.90 Å². The van der Waals surface area contributed by atoms with Crippen LogP contribution >= 0.6 is 12.4 Å². The van der Waals surface area contributed by atoms with Crippen LogP contribution in [-0.2, 0) is 14.6 Å². The van der Waals surface area contributed by atoms with Crippen molar-refractivity contribution < 1.29 is 13.2 Å². The van der Waals surface area contributed by atoms with Gasteiger partial charge in [-0.15, -0.1) is 12.4 Å². The smallest absolute Gasteiger partial charge is 0.183 e. The van der Waals surface area contributed by atoms with Crippen LogP contribution in [0.4, 0.5) is 0 Å². The Bertz CT molecular complexity index is 275. The fourth-order valence-corrected chi connectivity index (χ4v) is 2.92. The Morgan fingerprint density at radius 1 is 1.43 bits per heavy atom. The van der Waals surface area contributed by atoms with Crippen LogP contribution in [0.2, 0.25) is 0 Å². The summed E-state index contributed by atoms with van der Waals surface area (Å²) >= 11 is 0. The third-order valence-electron chi connectivity index (χ3n) is 2.23. The third kappa shape index (κ3) is 3.84. The standard InChI is InChI=1S/C8H15NO3S.ClH/c1-2-12-8(9)7-3-5-13(10,11)6-4-7;/h7,9H,2-6H2,1H3;1H. The van der Waals surface area contributed by atoms with Crippen molar-refractivity contribution in [3.05, 3.63) is 0 Å². The molecule has 0 unspecified atom stereocenters. The summed E-state index contributed by atoms with van der Waals surface area (Å²) in [6, 6.07) is 0. The summed E-state index contributed by atoms with van der Waals surface area (Å²) in [4.78, 5) is 0. The molecule has 1 aliphatic rings. The number of halogens is 1. The molecule has 6 heteroatoms. The van der Waals surface area contributed by atoms with E-state index >= 15 is 0 Å². The van der Waals surface area contributed by atoms with Gasteiger partial charge in [0.1, 0.15) is 9.84 Å². The van der Waals surface area contributed by atoms with Crippen molar-refractivity contribution >= 4 is 28.1 Å². The molecule has 1 rings (SSSR count). The van der Waals surface area contributed by atoms with E-state index in [0.29, 0.717) is 19.4 Å². The lowest BCUT2D eigenvalue weighted by Gasteiger charge is -2.21. The van der Waals surface area contributed by atoms with Gasteiger partial charge in [0.05, 0.1) is 18.1 Å². The summed E-state index contributed by atoms with van der Waals surface area (Å²) in [6.45, 7) is 2.32. The minimum Gasteiger partial charge on any atom is -0.481 e. The van der Waals surface area contributed by atoms with Crippen LogP contribution in [0.25, 0.3) is 0 Å². The van der Waals surface area contributed by atoms with Crippen molar-refractivity contribution in [3.63, 3.8) is 0 Å². The fraction of sp³-hybridized carbons (Fsp3) is 0.875. The molecule has 0 amide bonds. The summed E-state index contributed by atoms with van der Waals surface area (Å²) in [5.41, 5.74) is 0. The molecular weight excluding hydrogens is 226 g/mol. The first-order valence-electron chi connectivity index (χ1n) is 4.47. The van der Waals surface area contributed by atoms with Crippen LogP contribution in [-0.4, -0.2) is 32.4 Å². The maximum atomic E-state index is 11.1. The lowest BCUT2D eigenvalue weighted by Crippen LogP contribution is -2.29. The van der Waals surface area contributed by atoms with Crippen molar-refractivity contribution in [2.45, 2.75) is 19.8 Å². The predicted octanol–water partition coefficient (Wildman–Crippen LogP) is 1.25. The van der Waals surface area contributed by atoms with Gasteiger partial charge in [-0.05, 0) is 19.8 Å². The zero-order chi connectivity index (χ0) is 9.90. The molecule has 0 spiro atoms. The Balaban J connectivity index is 0.00000169. The highest BCUT2D eigenvalue weighted by molar-refractivity contribution is 7.91. The van der Waals surface area contributed by atoms with Gasteiger partial charge in [0.2, 0.25) is 0 Å². The number of rotatable bonds is 2. The summed E-state index contributed by atoms with van der Waals surface area (Å²) in [5.74, 6) is 0.668. The average molecular weight is 242 g/mol. The molecule has 1 saturated heterocycles. The summed E-state index contributed by atoms with van der Waals surface area (Å²) in [7, 11) is -2.82. The second-order valence-electron chi connectivity index (χ2n) is 3.22. The SMILES string of the molecule is CCOC(=N)C1CCS(=O)(=O)CC1.Cl. The number of sulfone groups is 1. The van der Waals surface area contributed by atoms with Gasteiger partial charge in [0.25, 0.3) is 0 Å². The Morgan fingerprint density at radius 3 is 2.36 bits per heavy atom. The van der Waals surface area contributed by atoms with E-state index in [1.165, 1.54) is 0 Å². The van der Waals surface area contributed by atoms with Crippen LogP contribution in [0, 0.1) is 11.3 Å². The minimum atomic E-state index is -2.82. The lowest BCUT2D eigenvalue weighted by molar-refractivity contribution is 0.291. The molecule has 14 heavy (non-hydrogen) atoms. The van der Waals surface area contributed by atoms with E-state index < -0.39 is 9.84 Å². The predicted molar refractivity (Wildman–Crippen MR) is 58.0 cm³/mol. The van der Waals surface area contributed by atoms with Crippen LogP contribution in [0.5, 0.6) is 0 Å². The summed E-state index contributed by atoms with van der Waals surface area (Å²) in [5, 5.41) is 7.50. The molecule has 0 aromatic heterocycles. The molecule has 0 saturated carbocycles. The summed E-state index contributed by atoms with van der Waals surface area (Å²) in [6.07, 6.45) is 1.09. The third-order valence-corrected chi connectivity index (χ3v) is 3.94. The molecular formula is C8H16ClNO3S. The van der Waals surface area contributed by atoms with E-state index in [1.807, 2.05) is 6.92 Å². The molecule has 0 bridgehead atoms. The molecule has 0 atom stereocenters. The Hall–Kier alpha value is -0.290. The topological polar surface area (TPSA) is 67.2 Å². The second kappa shape index (κ2) is 5.56. The van der Waals surface area contributed by atoms with E-state index in [1.54, 1.807) is 0 Å². The number of ether oxygens (including phenoxy) is 1. The van der Waals surface area contributed by atoms with Crippen LogP contribution in [0.1, 0.15) is 19.8 Å². The van der Waals surface area contributed by atoms with Gasteiger partial charge in [-0.3, -0.25) is 5.41 Å². The van der Waals surface area contributed by atoms with Crippen LogP contribution in [0.15, 0.2) is 0 Å². The molecule has 1 heterocycles. The van der Waals surface area contributed by atoms with Crippen molar-refractivity contribution in [2.24, 2.45) is 5.92 Å². The van der Waals surface area contributed by atoms with Gasteiger partial charge >= 0.3 is 0 Å². The number of nitrogens with one attached hydrogen (secondary N) is 1. The highest BCUT2D eigenvalue weighted by Gasteiger charge is 2.26. The van der Waals surface area contributed by atoms with Crippen LogP contribution in [0.3, 0.4) is 0 Å². The largest absolute Gasteiger partial charge is 0.481 e. The van der Waals surface area contributed by atoms with E-state index in [4.69, 9.17) is 10.1 Å². The van der Waals surface area contributed by atoms with E-state index in [9.17, 15) is 8.42 Å². The maximum absolute atomic E-state index is 11.1. The molecule has 0 aromatic carbocycles. The molecule has 1 aliphatic heterocycles. The molecule has 1 fully saturated rings. The molecule has 0 aliphatic carbocycles. The Kier molecular flexibility index (Phi) is 5.44. The molecule has 1 N–H and O–H groups in total. The van der Waals surface area contributed by atoms with Gasteiger partial charge in [-0.1, -0.05) is 0 Å². The van der Waals surface area contributed by atoms with Gasteiger partial charge in [0, 0.05) is 5.92 Å². The zero-order valence-electron chi connectivity index (χ0n) is 8.15. The lowest BCUT2D eigenvalue weighted by atomic mass is 10.0.